The van der Waals surface area contributed by atoms with Crippen LogP contribution in [0.25, 0.3) is 15.9 Å². The fourth-order valence-electron chi connectivity index (χ4n) is 2.93. The smallest absolute Gasteiger partial charge is 0.275 e. The fraction of sp³-hybridized carbons (Fsp3) is 0.316. The van der Waals surface area contributed by atoms with Gasteiger partial charge in [-0.25, -0.2) is 9.97 Å². The molecule has 3 heterocycles. The van der Waals surface area contributed by atoms with Crippen molar-refractivity contribution in [2.75, 3.05) is 0 Å². The number of fused-ring (bicyclic) bond motifs is 2. The Kier molecular flexibility index (Phi) is 5.03. The lowest BCUT2D eigenvalue weighted by atomic mass is 10.2. The molecule has 0 aliphatic carbocycles. The SMILES string of the molecule is Cc1cc(=O)n2nc(CSc3nc4ccccc4c(=O)n3CC(C)C)sc2n1. The molecule has 0 fully saturated rings. The van der Waals surface area contributed by atoms with Gasteiger partial charge in [0.25, 0.3) is 11.1 Å². The van der Waals surface area contributed by atoms with Crippen molar-refractivity contribution in [1.82, 2.24) is 24.1 Å². The molecule has 0 aliphatic rings. The number of thioether (sulfide) groups is 1. The van der Waals surface area contributed by atoms with Crippen LogP contribution in [0.4, 0.5) is 0 Å². The van der Waals surface area contributed by atoms with Gasteiger partial charge in [0.15, 0.2) is 5.16 Å². The lowest BCUT2D eigenvalue weighted by Gasteiger charge is -2.14. The average Bonchev–Trinajstić information content (AvgIpc) is 3.05. The van der Waals surface area contributed by atoms with Gasteiger partial charge in [0, 0.05) is 18.3 Å². The van der Waals surface area contributed by atoms with E-state index in [1.165, 1.54) is 33.7 Å². The zero-order chi connectivity index (χ0) is 19.8. The highest BCUT2D eigenvalue weighted by molar-refractivity contribution is 7.98. The number of aromatic nitrogens is 5. The van der Waals surface area contributed by atoms with Crippen LogP contribution in [0.3, 0.4) is 0 Å². The van der Waals surface area contributed by atoms with Gasteiger partial charge in [-0.1, -0.05) is 49.1 Å². The molecule has 0 atom stereocenters. The average molecular weight is 414 g/mol. The van der Waals surface area contributed by atoms with E-state index in [1.54, 1.807) is 11.5 Å². The number of rotatable bonds is 5. The highest BCUT2D eigenvalue weighted by Gasteiger charge is 2.14. The van der Waals surface area contributed by atoms with Gasteiger partial charge in [0.05, 0.1) is 16.7 Å². The maximum absolute atomic E-state index is 13.0. The van der Waals surface area contributed by atoms with Crippen LogP contribution in [-0.4, -0.2) is 24.1 Å². The van der Waals surface area contributed by atoms with Crippen molar-refractivity contribution in [3.8, 4) is 0 Å². The number of hydrogen-bond donors (Lipinski definition) is 0. The van der Waals surface area contributed by atoms with E-state index in [9.17, 15) is 9.59 Å². The van der Waals surface area contributed by atoms with Crippen molar-refractivity contribution in [2.45, 2.75) is 38.2 Å². The van der Waals surface area contributed by atoms with Crippen LogP contribution in [-0.2, 0) is 12.3 Å². The second kappa shape index (κ2) is 7.48. The van der Waals surface area contributed by atoms with Crippen molar-refractivity contribution in [2.24, 2.45) is 5.92 Å². The Balaban J connectivity index is 1.72. The molecule has 0 bridgehead atoms. The van der Waals surface area contributed by atoms with E-state index < -0.39 is 0 Å². The van der Waals surface area contributed by atoms with Crippen LogP contribution in [0.2, 0.25) is 0 Å². The molecule has 0 aliphatic heterocycles. The van der Waals surface area contributed by atoms with E-state index in [0.717, 1.165) is 5.01 Å². The van der Waals surface area contributed by atoms with E-state index in [2.05, 4.69) is 23.9 Å². The summed E-state index contributed by atoms with van der Waals surface area (Å²) < 4.78 is 3.06. The van der Waals surface area contributed by atoms with E-state index in [-0.39, 0.29) is 11.1 Å². The van der Waals surface area contributed by atoms with Crippen LogP contribution >= 0.6 is 23.1 Å². The first-order chi connectivity index (χ1) is 13.4. The van der Waals surface area contributed by atoms with Gasteiger partial charge in [0.1, 0.15) is 5.01 Å². The topological polar surface area (TPSA) is 82.2 Å². The minimum absolute atomic E-state index is 0.0281. The van der Waals surface area contributed by atoms with Gasteiger partial charge in [0.2, 0.25) is 4.96 Å². The molecule has 0 unspecified atom stereocenters. The summed E-state index contributed by atoms with van der Waals surface area (Å²) in [6, 6.07) is 8.86. The van der Waals surface area contributed by atoms with Crippen LogP contribution in [0, 0.1) is 12.8 Å². The van der Waals surface area contributed by atoms with Gasteiger partial charge in [-0.2, -0.15) is 9.61 Å². The predicted molar refractivity (Wildman–Crippen MR) is 112 cm³/mol. The van der Waals surface area contributed by atoms with Gasteiger partial charge in [-0.3, -0.25) is 14.2 Å². The molecular weight excluding hydrogens is 394 g/mol. The Morgan fingerprint density at radius 2 is 1.96 bits per heavy atom. The first-order valence-electron chi connectivity index (χ1n) is 8.91. The lowest BCUT2D eigenvalue weighted by Crippen LogP contribution is -2.25. The second-order valence-corrected chi connectivity index (χ2v) is 8.92. The van der Waals surface area contributed by atoms with Crippen LogP contribution in [0.15, 0.2) is 45.1 Å². The molecule has 144 valence electrons. The first kappa shape index (κ1) is 18.8. The minimum Gasteiger partial charge on any atom is -0.287 e. The van der Waals surface area contributed by atoms with Crippen molar-refractivity contribution >= 4 is 39.0 Å². The monoisotopic (exact) mass is 413 g/mol. The van der Waals surface area contributed by atoms with E-state index in [4.69, 9.17) is 4.98 Å². The van der Waals surface area contributed by atoms with Crippen LogP contribution < -0.4 is 11.1 Å². The van der Waals surface area contributed by atoms with Crippen molar-refractivity contribution in [3.05, 3.63) is 61.7 Å². The summed E-state index contributed by atoms with van der Waals surface area (Å²) in [5, 5.41) is 6.41. The summed E-state index contributed by atoms with van der Waals surface area (Å²) in [6.45, 7) is 6.53. The number of para-hydroxylation sites is 1. The molecule has 9 heteroatoms. The van der Waals surface area contributed by atoms with E-state index in [1.807, 2.05) is 24.3 Å². The van der Waals surface area contributed by atoms with Crippen LogP contribution in [0.5, 0.6) is 0 Å². The molecule has 0 amide bonds. The second-order valence-electron chi connectivity index (χ2n) is 6.94. The fourth-order valence-corrected chi connectivity index (χ4v) is 4.87. The maximum Gasteiger partial charge on any atom is 0.275 e. The Hall–Kier alpha value is -2.52. The zero-order valence-corrected chi connectivity index (χ0v) is 17.4. The van der Waals surface area contributed by atoms with Crippen molar-refractivity contribution in [3.63, 3.8) is 0 Å². The van der Waals surface area contributed by atoms with E-state index in [0.29, 0.717) is 44.9 Å². The Morgan fingerprint density at radius 3 is 2.75 bits per heavy atom. The third-order valence-electron chi connectivity index (χ3n) is 4.11. The maximum atomic E-state index is 13.0. The molecular formula is C19H19N5O2S2. The quantitative estimate of drug-likeness (QED) is 0.369. The van der Waals surface area contributed by atoms with Gasteiger partial charge >= 0.3 is 0 Å². The van der Waals surface area contributed by atoms with Gasteiger partial charge in [-0.05, 0) is 25.0 Å². The van der Waals surface area contributed by atoms with Crippen molar-refractivity contribution < 1.29 is 0 Å². The molecule has 28 heavy (non-hydrogen) atoms. The highest BCUT2D eigenvalue weighted by atomic mass is 32.2. The number of aryl methyl sites for hydroxylation is 1. The Labute approximate surface area is 169 Å². The Bertz CT molecular complexity index is 1290. The molecule has 4 rings (SSSR count). The largest absolute Gasteiger partial charge is 0.287 e. The van der Waals surface area contributed by atoms with Crippen molar-refractivity contribution in [1.29, 1.82) is 0 Å². The summed E-state index contributed by atoms with van der Waals surface area (Å²) in [5.74, 6) is 0.822. The normalized spacial score (nSPS) is 11.7. The minimum atomic E-state index is -0.185. The summed E-state index contributed by atoms with van der Waals surface area (Å²) in [4.78, 5) is 34.7. The molecule has 0 N–H and O–H groups in total. The first-order valence-corrected chi connectivity index (χ1v) is 10.7. The predicted octanol–water partition coefficient (Wildman–Crippen LogP) is 3.12. The third-order valence-corrected chi connectivity index (χ3v) is 6.19. The molecule has 0 saturated carbocycles. The summed E-state index contributed by atoms with van der Waals surface area (Å²) >= 11 is 2.83. The van der Waals surface area contributed by atoms with Crippen LogP contribution in [0.1, 0.15) is 24.5 Å². The molecule has 1 aromatic carbocycles. The number of hydrogen-bond acceptors (Lipinski definition) is 7. The van der Waals surface area contributed by atoms with Gasteiger partial charge < -0.3 is 0 Å². The zero-order valence-electron chi connectivity index (χ0n) is 15.7. The summed E-state index contributed by atoms with van der Waals surface area (Å²) in [7, 11) is 0. The molecule has 0 saturated heterocycles. The summed E-state index contributed by atoms with van der Waals surface area (Å²) in [5.41, 5.74) is 1.15. The molecule has 0 radical (unpaired) electrons. The standard InChI is InChI=1S/C19H19N5O2S2/c1-11(2)9-23-17(26)13-6-4-5-7-14(13)21-18(23)27-10-15-22-24-16(25)8-12(3)20-19(24)28-15/h4-8,11H,9-10H2,1-3H3. The highest BCUT2D eigenvalue weighted by Crippen LogP contribution is 2.24. The summed E-state index contributed by atoms with van der Waals surface area (Å²) in [6.07, 6.45) is 0. The van der Waals surface area contributed by atoms with Gasteiger partial charge in [-0.15, -0.1) is 0 Å². The number of benzene rings is 1. The molecule has 7 nitrogen and oxygen atoms in total. The molecule has 0 spiro atoms. The molecule has 3 aromatic heterocycles. The van der Waals surface area contributed by atoms with E-state index >= 15 is 0 Å². The number of nitrogens with zero attached hydrogens (tertiary/aromatic N) is 5. The molecule has 4 aromatic rings. The third kappa shape index (κ3) is 3.59. The Morgan fingerprint density at radius 1 is 1.18 bits per heavy atom. The lowest BCUT2D eigenvalue weighted by molar-refractivity contribution is 0.475.